The van der Waals surface area contributed by atoms with E-state index in [-0.39, 0.29) is 43.3 Å². The summed E-state index contributed by atoms with van der Waals surface area (Å²) in [5.41, 5.74) is 11.4. The van der Waals surface area contributed by atoms with Crippen LogP contribution in [-0.2, 0) is 20.8 Å². The molecule has 186 valence electrons. The average Bonchev–Trinajstić information content (AvgIpc) is 2.73. The van der Waals surface area contributed by atoms with Gasteiger partial charge in [0, 0.05) is 25.9 Å². The van der Waals surface area contributed by atoms with Crippen molar-refractivity contribution in [2.45, 2.75) is 63.5 Å². The number of rotatable bonds is 13. The first-order valence-electron chi connectivity index (χ1n) is 11.5. The van der Waals surface area contributed by atoms with Crippen molar-refractivity contribution in [3.63, 3.8) is 0 Å². The van der Waals surface area contributed by atoms with Crippen LogP contribution in [-0.4, -0.2) is 76.9 Å². The highest BCUT2D eigenvalue weighted by Gasteiger charge is 2.35. The smallest absolute Gasteiger partial charge is 0.426 e. The predicted molar refractivity (Wildman–Crippen MR) is 129 cm³/mol. The molecule has 3 amide bonds. The molecule has 0 heterocycles. The Morgan fingerprint density at radius 1 is 1.18 bits per heavy atom. The van der Waals surface area contributed by atoms with Crippen LogP contribution in [0.25, 0.3) is 0 Å². The van der Waals surface area contributed by atoms with E-state index < -0.39 is 25.0 Å². The minimum Gasteiger partial charge on any atom is -0.426 e. The SMILES string of the molecule is CC(=O)N[C@H](Cc1ccccc1)C(=O)N(CC(=O)N[C@@H](CCCN=C(N)N)B(O)O)C1CCC1. The summed E-state index contributed by atoms with van der Waals surface area (Å²) in [7, 11) is -1.78. The Balaban J connectivity index is 2.07. The Morgan fingerprint density at radius 2 is 1.85 bits per heavy atom. The molecular weight excluding hydrogens is 439 g/mol. The van der Waals surface area contributed by atoms with Crippen LogP contribution in [0.3, 0.4) is 0 Å². The third-order valence-corrected chi connectivity index (χ3v) is 5.74. The van der Waals surface area contributed by atoms with Gasteiger partial charge in [0.1, 0.15) is 6.04 Å². The Labute approximate surface area is 200 Å². The van der Waals surface area contributed by atoms with Crippen LogP contribution < -0.4 is 22.1 Å². The van der Waals surface area contributed by atoms with Gasteiger partial charge < -0.3 is 37.0 Å². The first-order chi connectivity index (χ1) is 16.2. The van der Waals surface area contributed by atoms with E-state index in [1.165, 1.54) is 11.8 Å². The summed E-state index contributed by atoms with van der Waals surface area (Å²) >= 11 is 0. The highest BCUT2D eigenvalue weighted by molar-refractivity contribution is 6.43. The molecule has 0 aliphatic heterocycles. The lowest BCUT2D eigenvalue weighted by molar-refractivity contribution is -0.143. The van der Waals surface area contributed by atoms with Crippen LogP contribution in [0.15, 0.2) is 35.3 Å². The molecule has 1 aliphatic rings. The number of amides is 3. The van der Waals surface area contributed by atoms with Crippen molar-refractivity contribution in [1.29, 1.82) is 0 Å². The quantitative estimate of drug-likeness (QED) is 0.0885. The fourth-order valence-electron chi connectivity index (χ4n) is 3.80. The van der Waals surface area contributed by atoms with Gasteiger partial charge in [0.25, 0.3) is 0 Å². The molecule has 0 radical (unpaired) electrons. The van der Waals surface area contributed by atoms with Crippen molar-refractivity contribution in [2.75, 3.05) is 13.1 Å². The zero-order valence-corrected chi connectivity index (χ0v) is 19.5. The van der Waals surface area contributed by atoms with Gasteiger partial charge in [0.15, 0.2) is 5.96 Å². The molecule has 2 atom stereocenters. The lowest BCUT2D eigenvalue weighted by Gasteiger charge is -2.39. The molecule has 1 aromatic carbocycles. The second-order valence-electron chi connectivity index (χ2n) is 8.53. The lowest BCUT2D eigenvalue weighted by atomic mass is 9.76. The molecular formula is C22H35BN6O5. The van der Waals surface area contributed by atoms with Crippen molar-refractivity contribution in [3.8, 4) is 0 Å². The molecule has 12 heteroatoms. The van der Waals surface area contributed by atoms with E-state index in [0.717, 1.165) is 24.8 Å². The number of nitrogens with zero attached hydrogens (tertiary/aromatic N) is 2. The van der Waals surface area contributed by atoms with Crippen LogP contribution in [0.2, 0.25) is 0 Å². The fraction of sp³-hybridized carbons (Fsp3) is 0.545. The number of hydrogen-bond donors (Lipinski definition) is 6. The van der Waals surface area contributed by atoms with Gasteiger partial charge in [0.05, 0.1) is 12.5 Å². The number of carbonyl (C=O) groups is 3. The summed E-state index contributed by atoms with van der Waals surface area (Å²) in [6.45, 7) is 1.39. The minimum absolute atomic E-state index is 0.0657. The van der Waals surface area contributed by atoms with Crippen molar-refractivity contribution in [2.24, 2.45) is 16.5 Å². The van der Waals surface area contributed by atoms with E-state index in [2.05, 4.69) is 15.6 Å². The summed E-state index contributed by atoms with van der Waals surface area (Å²) in [5, 5.41) is 24.6. The average molecular weight is 474 g/mol. The molecule has 0 unspecified atom stereocenters. The Morgan fingerprint density at radius 3 is 2.38 bits per heavy atom. The number of hydrogen-bond acceptors (Lipinski definition) is 6. The molecule has 1 aliphatic carbocycles. The van der Waals surface area contributed by atoms with Crippen molar-refractivity contribution in [1.82, 2.24) is 15.5 Å². The zero-order valence-electron chi connectivity index (χ0n) is 19.5. The van der Waals surface area contributed by atoms with E-state index in [9.17, 15) is 24.4 Å². The Bertz CT molecular complexity index is 845. The van der Waals surface area contributed by atoms with E-state index in [4.69, 9.17) is 11.5 Å². The van der Waals surface area contributed by atoms with Gasteiger partial charge in [-0.3, -0.25) is 19.4 Å². The van der Waals surface area contributed by atoms with Crippen molar-refractivity contribution in [3.05, 3.63) is 35.9 Å². The third-order valence-electron chi connectivity index (χ3n) is 5.74. The fourth-order valence-corrected chi connectivity index (χ4v) is 3.80. The number of nitrogens with two attached hydrogens (primary N) is 2. The van der Waals surface area contributed by atoms with Crippen LogP contribution in [0.4, 0.5) is 0 Å². The lowest BCUT2D eigenvalue weighted by Crippen LogP contribution is -2.57. The number of benzene rings is 1. The highest BCUT2D eigenvalue weighted by atomic mass is 16.4. The number of nitrogens with one attached hydrogen (secondary N) is 2. The molecule has 0 bridgehead atoms. The summed E-state index contributed by atoms with van der Waals surface area (Å²) < 4.78 is 0. The molecule has 8 N–H and O–H groups in total. The van der Waals surface area contributed by atoms with Crippen LogP contribution in [0, 0.1) is 0 Å². The third kappa shape index (κ3) is 9.03. The van der Waals surface area contributed by atoms with E-state index >= 15 is 0 Å². The summed E-state index contributed by atoms with van der Waals surface area (Å²) in [5.74, 6) is -2.19. The second-order valence-corrected chi connectivity index (χ2v) is 8.53. The van der Waals surface area contributed by atoms with Gasteiger partial charge in [0.2, 0.25) is 17.7 Å². The molecule has 0 saturated heterocycles. The van der Waals surface area contributed by atoms with E-state index in [0.29, 0.717) is 12.8 Å². The van der Waals surface area contributed by atoms with Gasteiger partial charge in [-0.15, -0.1) is 0 Å². The molecule has 2 rings (SSSR count). The number of carbonyl (C=O) groups excluding carboxylic acids is 3. The Hall–Kier alpha value is -3.12. The normalized spacial score (nSPS) is 14.8. The molecule has 34 heavy (non-hydrogen) atoms. The maximum Gasteiger partial charge on any atom is 0.475 e. The summed E-state index contributed by atoms with van der Waals surface area (Å²) in [6, 6.07) is 8.41. The van der Waals surface area contributed by atoms with Gasteiger partial charge in [-0.2, -0.15) is 0 Å². The molecule has 11 nitrogen and oxygen atoms in total. The first kappa shape index (κ1) is 27.1. The largest absolute Gasteiger partial charge is 0.475 e. The standard InChI is InChI=1S/C22H35BN6O5/c1-15(30)27-18(13-16-7-3-2-4-8-16)21(32)29(17-9-5-10-17)14-20(31)28-19(23(33)34)11-6-12-26-22(24)25/h2-4,7-8,17-19,33-34H,5-6,9-14H2,1H3,(H,27,30)(H,28,31)(H4,24,25,26)/t18-,19+/m1/s1. The molecule has 0 aromatic heterocycles. The van der Waals surface area contributed by atoms with E-state index in [1.807, 2.05) is 30.3 Å². The van der Waals surface area contributed by atoms with E-state index in [1.54, 1.807) is 0 Å². The molecule has 1 aromatic rings. The first-order valence-corrected chi connectivity index (χ1v) is 11.5. The second kappa shape index (κ2) is 13.6. The number of guanidine groups is 1. The Kier molecular flexibility index (Phi) is 10.8. The molecule has 1 fully saturated rings. The topological polar surface area (TPSA) is 183 Å². The maximum atomic E-state index is 13.4. The summed E-state index contributed by atoms with van der Waals surface area (Å²) in [4.78, 5) is 43.3. The van der Waals surface area contributed by atoms with Crippen LogP contribution in [0.1, 0.15) is 44.6 Å². The van der Waals surface area contributed by atoms with Crippen LogP contribution >= 0.6 is 0 Å². The van der Waals surface area contributed by atoms with Gasteiger partial charge in [-0.25, -0.2) is 0 Å². The van der Waals surface area contributed by atoms with Gasteiger partial charge in [-0.05, 0) is 37.7 Å². The molecule has 1 saturated carbocycles. The zero-order chi connectivity index (χ0) is 25.1. The monoisotopic (exact) mass is 474 g/mol. The summed E-state index contributed by atoms with van der Waals surface area (Å²) in [6.07, 6.45) is 3.44. The number of aliphatic imine (C=N–C) groups is 1. The maximum absolute atomic E-state index is 13.4. The van der Waals surface area contributed by atoms with Crippen LogP contribution in [0.5, 0.6) is 0 Å². The highest BCUT2D eigenvalue weighted by Crippen LogP contribution is 2.25. The molecule has 0 spiro atoms. The van der Waals surface area contributed by atoms with Gasteiger partial charge in [-0.1, -0.05) is 30.3 Å². The predicted octanol–water partition coefficient (Wildman–Crippen LogP) is -1.33. The van der Waals surface area contributed by atoms with Gasteiger partial charge >= 0.3 is 7.12 Å². The minimum atomic E-state index is -1.78. The van der Waals surface area contributed by atoms with Crippen molar-refractivity contribution < 1.29 is 24.4 Å². The van der Waals surface area contributed by atoms with Crippen molar-refractivity contribution >= 4 is 30.8 Å².